The Morgan fingerprint density at radius 2 is 1.85 bits per heavy atom. The van der Waals surface area contributed by atoms with Crippen molar-refractivity contribution in [2.75, 3.05) is 0 Å². The first-order chi connectivity index (χ1) is 9.58. The van der Waals surface area contributed by atoms with Crippen LogP contribution in [-0.2, 0) is 11.4 Å². The van der Waals surface area contributed by atoms with E-state index in [1.54, 1.807) is 6.92 Å². The van der Waals surface area contributed by atoms with Gasteiger partial charge in [-0.15, -0.1) is 0 Å². The molecule has 0 saturated heterocycles. The molecule has 2 aromatic rings. The van der Waals surface area contributed by atoms with Crippen LogP contribution >= 0.6 is 15.9 Å². The number of carbonyl (C=O) groups is 1. The maximum absolute atomic E-state index is 10.9. The van der Waals surface area contributed by atoms with Gasteiger partial charge in [-0.1, -0.05) is 36.4 Å². The van der Waals surface area contributed by atoms with Crippen molar-refractivity contribution in [3.8, 4) is 5.75 Å². The van der Waals surface area contributed by atoms with Crippen molar-refractivity contribution in [3.63, 3.8) is 0 Å². The number of rotatable bonds is 5. The van der Waals surface area contributed by atoms with Crippen LogP contribution in [0.3, 0.4) is 0 Å². The van der Waals surface area contributed by atoms with Gasteiger partial charge in [0.05, 0.1) is 10.4 Å². The van der Waals surface area contributed by atoms with Gasteiger partial charge in [0, 0.05) is 0 Å². The van der Waals surface area contributed by atoms with Crippen LogP contribution in [0.1, 0.15) is 24.0 Å². The minimum absolute atomic E-state index is 0.449. The number of ether oxygens (including phenoxy) is 1. The van der Waals surface area contributed by atoms with Gasteiger partial charge in [-0.3, -0.25) is 4.79 Å². The highest BCUT2D eigenvalue weighted by atomic mass is 79.9. The van der Waals surface area contributed by atoms with Crippen LogP contribution < -0.4 is 4.74 Å². The van der Waals surface area contributed by atoms with Gasteiger partial charge in [0.2, 0.25) is 0 Å². The summed E-state index contributed by atoms with van der Waals surface area (Å²) in [6.07, 6.45) is 0. The van der Waals surface area contributed by atoms with E-state index in [-0.39, 0.29) is 0 Å². The number of carboxylic acid groups (broad SMARTS) is 1. The Balaban J connectivity index is 2.01. The Bertz CT molecular complexity index is 593. The monoisotopic (exact) mass is 334 g/mol. The fourth-order valence-corrected chi connectivity index (χ4v) is 2.17. The molecule has 1 unspecified atom stereocenters. The molecule has 0 aliphatic carbocycles. The predicted octanol–water partition coefficient (Wildman–Crippen LogP) is 4.22. The molecule has 104 valence electrons. The van der Waals surface area contributed by atoms with Crippen molar-refractivity contribution in [2.45, 2.75) is 19.4 Å². The van der Waals surface area contributed by atoms with Crippen LogP contribution in [-0.4, -0.2) is 11.1 Å². The Morgan fingerprint density at radius 3 is 2.45 bits per heavy atom. The Labute approximate surface area is 126 Å². The minimum atomic E-state index is -0.817. The third kappa shape index (κ3) is 3.61. The van der Waals surface area contributed by atoms with Gasteiger partial charge >= 0.3 is 5.97 Å². The summed E-state index contributed by atoms with van der Waals surface area (Å²) < 4.78 is 6.62. The molecule has 0 bridgehead atoms. The normalized spacial score (nSPS) is 11.9. The zero-order chi connectivity index (χ0) is 14.5. The molecule has 2 rings (SSSR count). The zero-order valence-corrected chi connectivity index (χ0v) is 12.6. The lowest BCUT2D eigenvalue weighted by Gasteiger charge is -2.10. The number of hydrogen-bond acceptors (Lipinski definition) is 2. The molecular weight excluding hydrogens is 320 g/mol. The third-order valence-electron chi connectivity index (χ3n) is 3.08. The second-order valence-electron chi connectivity index (χ2n) is 4.52. The van der Waals surface area contributed by atoms with Crippen molar-refractivity contribution in [1.82, 2.24) is 0 Å². The Hall–Kier alpha value is -1.81. The standard InChI is InChI=1S/C16H15BrO3/c1-11(16(18)19)13-8-6-12(7-9-13)10-20-15-5-3-2-4-14(15)17/h2-9,11H,10H2,1H3,(H,18,19). The van der Waals surface area contributed by atoms with Crippen LogP contribution in [0.2, 0.25) is 0 Å². The highest BCUT2D eigenvalue weighted by molar-refractivity contribution is 9.10. The second kappa shape index (κ2) is 6.57. The van der Waals surface area contributed by atoms with Gasteiger partial charge in [0.15, 0.2) is 0 Å². The molecule has 0 spiro atoms. The van der Waals surface area contributed by atoms with Crippen LogP contribution in [0.15, 0.2) is 53.0 Å². The average molecular weight is 335 g/mol. The first-order valence-corrected chi connectivity index (χ1v) is 7.06. The first kappa shape index (κ1) is 14.6. The lowest BCUT2D eigenvalue weighted by Crippen LogP contribution is -2.07. The molecule has 0 heterocycles. The van der Waals surface area contributed by atoms with Crippen molar-refractivity contribution >= 4 is 21.9 Å². The topological polar surface area (TPSA) is 46.5 Å². The number of para-hydroxylation sites is 1. The Morgan fingerprint density at radius 1 is 1.20 bits per heavy atom. The van der Waals surface area contributed by atoms with Crippen molar-refractivity contribution in [3.05, 3.63) is 64.1 Å². The van der Waals surface area contributed by atoms with Crippen LogP contribution in [0, 0.1) is 0 Å². The molecule has 2 aromatic carbocycles. The number of hydrogen-bond donors (Lipinski definition) is 1. The summed E-state index contributed by atoms with van der Waals surface area (Å²) in [5.41, 5.74) is 1.80. The highest BCUT2D eigenvalue weighted by Gasteiger charge is 2.13. The van der Waals surface area contributed by atoms with E-state index in [1.807, 2.05) is 48.5 Å². The van der Waals surface area contributed by atoms with E-state index < -0.39 is 11.9 Å². The van der Waals surface area contributed by atoms with Gasteiger partial charge in [-0.05, 0) is 46.1 Å². The number of aliphatic carboxylic acids is 1. The minimum Gasteiger partial charge on any atom is -0.488 e. The SMILES string of the molecule is CC(C(=O)O)c1ccc(COc2ccccc2Br)cc1. The summed E-state index contributed by atoms with van der Waals surface area (Å²) >= 11 is 3.43. The summed E-state index contributed by atoms with van der Waals surface area (Å²) in [7, 11) is 0. The molecule has 20 heavy (non-hydrogen) atoms. The lowest BCUT2D eigenvalue weighted by atomic mass is 10.0. The van der Waals surface area contributed by atoms with Gasteiger partial charge < -0.3 is 9.84 Å². The van der Waals surface area contributed by atoms with E-state index in [9.17, 15) is 4.79 Å². The molecule has 0 fully saturated rings. The van der Waals surface area contributed by atoms with E-state index in [1.165, 1.54) is 0 Å². The summed E-state index contributed by atoms with van der Waals surface area (Å²) in [5, 5.41) is 8.96. The van der Waals surface area contributed by atoms with Gasteiger partial charge in [0.25, 0.3) is 0 Å². The average Bonchev–Trinajstić information content (AvgIpc) is 2.46. The highest BCUT2D eigenvalue weighted by Crippen LogP contribution is 2.25. The molecule has 3 nitrogen and oxygen atoms in total. The largest absolute Gasteiger partial charge is 0.488 e. The maximum Gasteiger partial charge on any atom is 0.310 e. The number of carboxylic acids is 1. The molecule has 0 radical (unpaired) electrons. The molecule has 0 aliphatic rings. The number of benzene rings is 2. The van der Waals surface area contributed by atoms with Gasteiger partial charge in [0.1, 0.15) is 12.4 Å². The first-order valence-electron chi connectivity index (χ1n) is 6.27. The van der Waals surface area contributed by atoms with E-state index in [0.717, 1.165) is 21.3 Å². The molecule has 0 aromatic heterocycles. The molecular formula is C16H15BrO3. The molecule has 0 amide bonds. The van der Waals surface area contributed by atoms with Crippen LogP contribution in [0.5, 0.6) is 5.75 Å². The zero-order valence-electron chi connectivity index (χ0n) is 11.0. The van der Waals surface area contributed by atoms with Gasteiger partial charge in [-0.25, -0.2) is 0 Å². The molecule has 0 saturated carbocycles. The fourth-order valence-electron chi connectivity index (χ4n) is 1.77. The summed E-state index contributed by atoms with van der Waals surface area (Å²) in [4.78, 5) is 10.9. The van der Waals surface area contributed by atoms with Gasteiger partial charge in [-0.2, -0.15) is 0 Å². The van der Waals surface area contributed by atoms with E-state index in [4.69, 9.17) is 9.84 Å². The molecule has 1 N–H and O–H groups in total. The Kier molecular flexibility index (Phi) is 4.79. The molecule has 0 aliphatic heterocycles. The quantitative estimate of drug-likeness (QED) is 0.890. The summed E-state index contributed by atoms with van der Waals surface area (Å²) in [6.45, 7) is 2.12. The number of halogens is 1. The van der Waals surface area contributed by atoms with E-state index in [0.29, 0.717) is 6.61 Å². The fraction of sp³-hybridized carbons (Fsp3) is 0.188. The predicted molar refractivity (Wildman–Crippen MR) is 81.0 cm³/mol. The molecule has 1 atom stereocenters. The van der Waals surface area contributed by atoms with Crippen LogP contribution in [0.4, 0.5) is 0 Å². The lowest BCUT2D eigenvalue weighted by molar-refractivity contribution is -0.138. The smallest absolute Gasteiger partial charge is 0.310 e. The van der Waals surface area contributed by atoms with E-state index >= 15 is 0 Å². The van der Waals surface area contributed by atoms with Crippen LogP contribution in [0.25, 0.3) is 0 Å². The maximum atomic E-state index is 10.9. The summed E-state index contributed by atoms with van der Waals surface area (Å²) in [5.74, 6) is -0.522. The second-order valence-corrected chi connectivity index (χ2v) is 5.37. The van der Waals surface area contributed by atoms with Crippen molar-refractivity contribution in [2.24, 2.45) is 0 Å². The third-order valence-corrected chi connectivity index (χ3v) is 3.74. The van der Waals surface area contributed by atoms with E-state index in [2.05, 4.69) is 15.9 Å². The van der Waals surface area contributed by atoms with Crippen molar-refractivity contribution < 1.29 is 14.6 Å². The van der Waals surface area contributed by atoms with Crippen molar-refractivity contribution in [1.29, 1.82) is 0 Å². The molecule has 4 heteroatoms. The summed E-state index contributed by atoms with van der Waals surface area (Å²) in [6, 6.07) is 15.1.